The number of amides is 2. The molecule has 3 rings (SSSR count). The van der Waals surface area contributed by atoms with Gasteiger partial charge in [0.05, 0.1) is 6.61 Å². The number of hydrogen-bond acceptors (Lipinski definition) is 2. The number of ether oxygens (including phenoxy) is 1. The molecule has 2 N–H and O–H groups in total. The number of urea groups is 1. The molecule has 1 aromatic carbocycles. The lowest BCUT2D eigenvalue weighted by atomic mass is 10.2. The third kappa shape index (κ3) is 3.42. The average molecular weight is 301 g/mol. The van der Waals surface area contributed by atoms with E-state index in [4.69, 9.17) is 4.74 Å². The summed E-state index contributed by atoms with van der Waals surface area (Å²) in [6.07, 6.45) is 6.66. The van der Waals surface area contributed by atoms with E-state index in [1.54, 1.807) is 7.11 Å². The van der Waals surface area contributed by atoms with Gasteiger partial charge in [0.25, 0.3) is 0 Å². The monoisotopic (exact) mass is 301 g/mol. The van der Waals surface area contributed by atoms with Crippen LogP contribution >= 0.6 is 0 Å². The van der Waals surface area contributed by atoms with Gasteiger partial charge in [-0.05, 0) is 37.1 Å². The summed E-state index contributed by atoms with van der Waals surface area (Å²) in [6.45, 7) is 1.52. The van der Waals surface area contributed by atoms with Crippen LogP contribution in [-0.2, 0) is 11.3 Å². The lowest BCUT2D eigenvalue weighted by Gasteiger charge is -2.13. The minimum atomic E-state index is -0.106. The third-order valence-corrected chi connectivity index (χ3v) is 4.26. The first kappa shape index (κ1) is 14.9. The van der Waals surface area contributed by atoms with Crippen LogP contribution in [0.3, 0.4) is 0 Å². The number of nitrogens with zero attached hydrogens (tertiary/aromatic N) is 1. The highest BCUT2D eigenvalue weighted by molar-refractivity contribution is 5.93. The van der Waals surface area contributed by atoms with E-state index in [0.29, 0.717) is 12.6 Å². The Balaban J connectivity index is 1.65. The van der Waals surface area contributed by atoms with Crippen molar-refractivity contribution < 1.29 is 9.53 Å². The van der Waals surface area contributed by atoms with Crippen LogP contribution in [0, 0.1) is 0 Å². The summed E-state index contributed by atoms with van der Waals surface area (Å²) in [5.74, 6) is 0. The highest BCUT2D eigenvalue weighted by atomic mass is 16.5. The average Bonchev–Trinajstić information content (AvgIpc) is 3.14. The Bertz CT molecular complexity index is 644. The quantitative estimate of drug-likeness (QED) is 0.890. The first-order valence-corrected chi connectivity index (χ1v) is 7.91. The highest BCUT2D eigenvalue weighted by Gasteiger charge is 2.17. The summed E-state index contributed by atoms with van der Waals surface area (Å²) in [7, 11) is 1.71. The predicted octanol–water partition coefficient (Wildman–Crippen LogP) is 3.35. The number of carbonyl (C=O) groups is 1. The molecule has 0 saturated heterocycles. The molecule has 1 saturated carbocycles. The van der Waals surface area contributed by atoms with Gasteiger partial charge in [-0.3, -0.25) is 0 Å². The van der Waals surface area contributed by atoms with E-state index >= 15 is 0 Å². The summed E-state index contributed by atoms with van der Waals surface area (Å²) in [6, 6.07) is 8.28. The summed E-state index contributed by atoms with van der Waals surface area (Å²) in [5, 5.41) is 7.09. The van der Waals surface area contributed by atoms with Crippen molar-refractivity contribution in [3.63, 3.8) is 0 Å². The van der Waals surface area contributed by atoms with Crippen LogP contribution in [0.25, 0.3) is 10.9 Å². The first-order chi connectivity index (χ1) is 10.8. The van der Waals surface area contributed by atoms with Gasteiger partial charge in [-0.15, -0.1) is 0 Å². The fraction of sp³-hybridized carbons (Fsp3) is 0.471. The Morgan fingerprint density at radius 1 is 1.32 bits per heavy atom. The van der Waals surface area contributed by atoms with Gasteiger partial charge in [-0.1, -0.05) is 12.8 Å². The minimum absolute atomic E-state index is 0.106. The van der Waals surface area contributed by atoms with Gasteiger partial charge in [0.2, 0.25) is 0 Å². The summed E-state index contributed by atoms with van der Waals surface area (Å²) in [5.41, 5.74) is 1.98. The van der Waals surface area contributed by atoms with E-state index in [9.17, 15) is 4.79 Å². The molecule has 5 nitrogen and oxygen atoms in total. The maximum atomic E-state index is 12.0. The van der Waals surface area contributed by atoms with Crippen molar-refractivity contribution in [2.45, 2.75) is 38.3 Å². The molecule has 0 spiro atoms. The summed E-state index contributed by atoms with van der Waals surface area (Å²) < 4.78 is 7.27. The standard InChI is InChI=1S/C17H23N3O2/c1-22-11-10-20-9-8-13-12-15(6-7-16(13)20)19-17(21)18-14-4-2-3-5-14/h6-9,12,14H,2-5,10-11H2,1H3,(H2,18,19,21). The Labute approximate surface area is 130 Å². The van der Waals surface area contributed by atoms with E-state index in [1.165, 1.54) is 12.8 Å². The molecule has 0 atom stereocenters. The van der Waals surface area contributed by atoms with Gasteiger partial charge in [0.15, 0.2) is 0 Å². The SMILES string of the molecule is COCCn1ccc2cc(NC(=O)NC3CCCC3)ccc21. The maximum Gasteiger partial charge on any atom is 0.319 e. The van der Waals surface area contributed by atoms with E-state index in [-0.39, 0.29) is 6.03 Å². The number of fused-ring (bicyclic) bond motifs is 1. The van der Waals surface area contributed by atoms with Crippen LogP contribution in [0.5, 0.6) is 0 Å². The zero-order valence-corrected chi connectivity index (χ0v) is 13.0. The van der Waals surface area contributed by atoms with Crippen molar-refractivity contribution in [3.8, 4) is 0 Å². The van der Waals surface area contributed by atoms with Gasteiger partial charge < -0.3 is 19.9 Å². The fourth-order valence-corrected chi connectivity index (χ4v) is 3.09. The van der Waals surface area contributed by atoms with Crippen LogP contribution in [0.1, 0.15) is 25.7 Å². The van der Waals surface area contributed by atoms with Crippen LogP contribution < -0.4 is 10.6 Å². The van der Waals surface area contributed by atoms with Crippen LogP contribution in [0.4, 0.5) is 10.5 Å². The number of nitrogens with one attached hydrogen (secondary N) is 2. The molecule has 1 aromatic heterocycles. The van der Waals surface area contributed by atoms with E-state index < -0.39 is 0 Å². The Morgan fingerprint density at radius 3 is 2.91 bits per heavy atom. The van der Waals surface area contributed by atoms with Gasteiger partial charge in [-0.25, -0.2) is 4.79 Å². The maximum absolute atomic E-state index is 12.0. The molecule has 22 heavy (non-hydrogen) atoms. The molecule has 118 valence electrons. The number of hydrogen-bond donors (Lipinski definition) is 2. The second-order valence-electron chi connectivity index (χ2n) is 5.86. The number of anilines is 1. The molecular formula is C17H23N3O2. The molecule has 1 aliphatic carbocycles. The molecule has 0 unspecified atom stereocenters. The van der Waals surface area contributed by atoms with Crippen molar-refractivity contribution in [3.05, 3.63) is 30.5 Å². The second kappa shape index (κ2) is 6.83. The first-order valence-electron chi connectivity index (χ1n) is 7.91. The zero-order chi connectivity index (χ0) is 15.4. The van der Waals surface area contributed by atoms with Crippen LogP contribution in [0.15, 0.2) is 30.5 Å². The predicted molar refractivity (Wildman–Crippen MR) is 88.2 cm³/mol. The van der Waals surface area contributed by atoms with Gasteiger partial charge >= 0.3 is 6.03 Å². The molecule has 2 aromatic rings. The molecule has 1 aliphatic rings. The molecule has 0 bridgehead atoms. The number of aromatic nitrogens is 1. The van der Waals surface area contributed by atoms with Gasteiger partial charge in [0, 0.05) is 42.5 Å². The largest absolute Gasteiger partial charge is 0.383 e. The molecular weight excluding hydrogens is 278 g/mol. The van der Waals surface area contributed by atoms with Crippen molar-refractivity contribution in [2.24, 2.45) is 0 Å². The van der Waals surface area contributed by atoms with Crippen molar-refractivity contribution >= 4 is 22.6 Å². The number of methoxy groups -OCH3 is 1. The molecule has 5 heteroatoms. The fourth-order valence-electron chi connectivity index (χ4n) is 3.09. The normalized spacial score (nSPS) is 15.3. The van der Waals surface area contributed by atoms with E-state index in [2.05, 4.69) is 21.3 Å². The molecule has 2 amide bonds. The highest BCUT2D eigenvalue weighted by Crippen LogP contribution is 2.21. The van der Waals surface area contributed by atoms with Crippen LogP contribution in [0.2, 0.25) is 0 Å². The van der Waals surface area contributed by atoms with E-state index in [1.807, 2.05) is 24.4 Å². The van der Waals surface area contributed by atoms with Crippen molar-refractivity contribution in [2.75, 3.05) is 19.0 Å². The molecule has 0 radical (unpaired) electrons. The lowest BCUT2D eigenvalue weighted by Crippen LogP contribution is -2.36. The zero-order valence-electron chi connectivity index (χ0n) is 13.0. The number of benzene rings is 1. The Kier molecular flexibility index (Phi) is 4.63. The Morgan fingerprint density at radius 2 is 2.14 bits per heavy atom. The van der Waals surface area contributed by atoms with Crippen molar-refractivity contribution in [1.82, 2.24) is 9.88 Å². The second-order valence-corrected chi connectivity index (χ2v) is 5.86. The summed E-state index contributed by atoms with van der Waals surface area (Å²) in [4.78, 5) is 12.0. The lowest BCUT2D eigenvalue weighted by molar-refractivity contribution is 0.188. The van der Waals surface area contributed by atoms with E-state index in [0.717, 1.165) is 36.0 Å². The Hall–Kier alpha value is -2.01. The molecule has 1 heterocycles. The van der Waals surface area contributed by atoms with Crippen LogP contribution in [-0.4, -0.2) is 30.4 Å². The van der Waals surface area contributed by atoms with Crippen molar-refractivity contribution in [1.29, 1.82) is 0 Å². The number of rotatable bonds is 5. The topological polar surface area (TPSA) is 55.3 Å². The van der Waals surface area contributed by atoms with Gasteiger partial charge in [-0.2, -0.15) is 0 Å². The summed E-state index contributed by atoms with van der Waals surface area (Å²) >= 11 is 0. The number of carbonyl (C=O) groups excluding carboxylic acids is 1. The smallest absolute Gasteiger partial charge is 0.319 e. The molecule has 1 fully saturated rings. The molecule has 0 aliphatic heterocycles. The minimum Gasteiger partial charge on any atom is -0.383 e. The third-order valence-electron chi connectivity index (χ3n) is 4.26. The van der Waals surface area contributed by atoms with Gasteiger partial charge in [0.1, 0.15) is 0 Å².